The standard InChI is InChI=1S/C24H11Cl7/c25-15-11-14(19(26)23(30)20(15)27)18-16(12-7-3-1-4-8-12)17(13-9-5-2-6-10-13)21(28)24(31)22(18)29/h1-11H. The van der Waals surface area contributed by atoms with Crippen LogP contribution in [0, 0.1) is 0 Å². The molecule has 4 aromatic rings. The van der Waals surface area contributed by atoms with E-state index in [1.54, 1.807) is 6.07 Å². The summed E-state index contributed by atoms with van der Waals surface area (Å²) < 4.78 is 0. The molecule has 0 nitrogen and oxygen atoms in total. The van der Waals surface area contributed by atoms with Gasteiger partial charge in [0.15, 0.2) is 0 Å². The first kappa shape index (κ1) is 23.1. The molecule has 0 aliphatic heterocycles. The Morgan fingerprint density at radius 3 is 1.39 bits per heavy atom. The van der Waals surface area contributed by atoms with Crippen LogP contribution in [0.25, 0.3) is 33.4 Å². The molecule has 0 aromatic heterocycles. The molecule has 4 rings (SSSR count). The van der Waals surface area contributed by atoms with Crippen LogP contribution < -0.4 is 0 Å². The molecule has 0 saturated carbocycles. The fraction of sp³-hybridized carbons (Fsp3) is 0. The summed E-state index contributed by atoms with van der Waals surface area (Å²) in [6.45, 7) is 0. The smallest absolute Gasteiger partial charge is 0.0800 e. The zero-order chi connectivity index (χ0) is 22.3. The summed E-state index contributed by atoms with van der Waals surface area (Å²) in [6.07, 6.45) is 0. The lowest BCUT2D eigenvalue weighted by atomic mass is 9.87. The van der Waals surface area contributed by atoms with Crippen LogP contribution in [0.5, 0.6) is 0 Å². The third-order valence-electron chi connectivity index (χ3n) is 4.82. The Morgan fingerprint density at radius 2 is 0.839 bits per heavy atom. The van der Waals surface area contributed by atoms with Crippen molar-refractivity contribution < 1.29 is 0 Å². The van der Waals surface area contributed by atoms with E-state index in [2.05, 4.69) is 0 Å². The summed E-state index contributed by atoms with van der Waals surface area (Å²) in [5.74, 6) is 0. The highest BCUT2D eigenvalue weighted by Crippen LogP contribution is 2.54. The van der Waals surface area contributed by atoms with Crippen LogP contribution in [0.1, 0.15) is 0 Å². The van der Waals surface area contributed by atoms with Crippen molar-refractivity contribution in [1.82, 2.24) is 0 Å². The Labute approximate surface area is 215 Å². The van der Waals surface area contributed by atoms with Gasteiger partial charge < -0.3 is 0 Å². The number of halogens is 7. The highest BCUT2D eigenvalue weighted by Gasteiger charge is 2.27. The maximum Gasteiger partial charge on any atom is 0.0800 e. The van der Waals surface area contributed by atoms with Gasteiger partial charge >= 0.3 is 0 Å². The average Bonchev–Trinajstić information content (AvgIpc) is 2.80. The summed E-state index contributed by atoms with van der Waals surface area (Å²) in [5.41, 5.74) is 4.27. The quantitative estimate of drug-likeness (QED) is 0.177. The van der Waals surface area contributed by atoms with E-state index in [0.717, 1.165) is 22.3 Å². The summed E-state index contributed by atoms with van der Waals surface area (Å²) >= 11 is 45.7. The molecule has 0 spiro atoms. The highest BCUT2D eigenvalue weighted by molar-refractivity contribution is 6.54. The molecule has 0 radical (unpaired) electrons. The van der Waals surface area contributed by atoms with Gasteiger partial charge in [-0.2, -0.15) is 0 Å². The average molecular weight is 548 g/mol. The highest BCUT2D eigenvalue weighted by atomic mass is 35.5. The van der Waals surface area contributed by atoms with Gasteiger partial charge in [0.05, 0.1) is 35.2 Å². The second-order valence-corrected chi connectivity index (χ2v) is 9.32. The fourth-order valence-corrected chi connectivity index (χ4v) is 5.16. The van der Waals surface area contributed by atoms with Crippen LogP contribution >= 0.6 is 81.2 Å². The third-order valence-corrected chi connectivity index (χ3v) is 7.90. The predicted octanol–water partition coefficient (Wildman–Crippen LogP) is 11.3. The van der Waals surface area contributed by atoms with Crippen LogP contribution in [0.3, 0.4) is 0 Å². The molecule has 0 N–H and O–H groups in total. The van der Waals surface area contributed by atoms with Crippen LogP contribution in [0.2, 0.25) is 35.2 Å². The molecule has 0 fully saturated rings. The first-order valence-electron chi connectivity index (χ1n) is 8.97. The Hall–Kier alpha value is -1.09. The van der Waals surface area contributed by atoms with E-state index in [9.17, 15) is 0 Å². The van der Waals surface area contributed by atoms with Gasteiger partial charge in [-0.25, -0.2) is 0 Å². The molecule has 0 atom stereocenters. The van der Waals surface area contributed by atoms with E-state index in [1.165, 1.54) is 0 Å². The minimum absolute atomic E-state index is 0.133. The first-order chi connectivity index (χ1) is 14.8. The lowest BCUT2D eigenvalue weighted by Crippen LogP contribution is -1.96. The molecule has 156 valence electrons. The number of hydrogen-bond acceptors (Lipinski definition) is 0. The molecule has 0 saturated heterocycles. The van der Waals surface area contributed by atoms with Crippen LogP contribution in [-0.4, -0.2) is 0 Å². The molecule has 31 heavy (non-hydrogen) atoms. The Bertz CT molecular complexity index is 1280. The second kappa shape index (κ2) is 9.41. The van der Waals surface area contributed by atoms with Gasteiger partial charge in [0, 0.05) is 22.3 Å². The van der Waals surface area contributed by atoms with Gasteiger partial charge in [-0.1, -0.05) is 142 Å². The second-order valence-electron chi connectivity index (χ2n) is 6.65. The van der Waals surface area contributed by atoms with E-state index in [1.807, 2.05) is 60.7 Å². The van der Waals surface area contributed by atoms with Crippen molar-refractivity contribution in [1.29, 1.82) is 0 Å². The van der Waals surface area contributed by atoms with Crippen LogP contribution in [0.15, 0.2) is 66.7 Å². The molecule has 4 aromatic carbocycles. The molecule has 0 heterocycles. The van der Waals surface area contributed by atoms with Gasteiger partial charge in [0.1, 0.15) is 0 Å². The van der Waals surface area contributed by atoms with Gasteiger partial charge in [-0.3, -0.25) is 0 Å². The summed E-state index contributed by atoms with van der Waals surface area (Å²) in [4.78, 5) is 0. The molecule has 0 aliphatic carbocycles. The normalized spacial score (nSPS) is 11.1. The Morgan fingerprint density at radius 1 is 0.387 bits per heavy atom. The molecule has 0 unspecified atom stereocenters. The Kier molecular flexibility index (Phi) is 7.01. The fourth-order valence-electron chi connectivity index (χ4n) is 3.44. The van der Waals surface area contributed by atoms with Crippen molar-refractivity contribution in [3.8, 4) is 33.4 Å². The van der Waals surface area contributed by atoms with E-state index < -0.39 is 0 Å². The van der Waals surface area contributed by atoms with Crippen molar-refractivity contribution in [3.63, 3.8) is 0 Å². The van der Waals surface area contributed by atoms with Crippen LogP contribution in [-0.2, 0) is 0 Å². The summed E-state index contributed by atoms with van der Waals surface area (Å²) in [5, 5.41) is 1.53. The van der Waals surface area contributed by atoms with Crippen molar-refractivity contribution in [2.75, 3.05) is 0 Å². The molecule has 0 bridgehead atoms. The van der Waals surface area contributed by atoms with Gasteiger partial charge in [-0.05, 0) is 17.2 Å². The van der Waals surface area contributed by atoms with Crippen molar-refractivity contribution >= 4 is 81.2 Å². The summed E-state index contributed by atoms with van der Waals surface area (Å²) in [7, 11) is 0. The minimum Gasteiger partial charge on any atom is -0.0826 e. The van der Waals surface area contributed by atoms with E-state index >= 15 is 0 Å². The van der Waals surface area contributed by atoms with Crippen molar-refractivity contribution in [2.24, 2.45) is 0 Å². The van der Waals surface area contributed by atoms with Gasteiger partial charge in [0.25, 0.3) is 0 Å². The molecule has 0 amide bonds. The van der Waals surface area contributed by atoms with Gasteiger partial charge in [-0.15, -0.1) is 0 Å². The molecular formula is C24H11Cl7. The topological polar surface area (TPSA) is 0 Å². The number of hydrogen-bond donors (Lipinski definition) is 0. The van der Waals surface area contributed by atoms with E-state index in [0.29, 0.717) is 16.1 Å². The number of rotatable bonds is 3. The largest absolute Gasteiger partial charge is 0.0826 e. The molecule has 0 aliphatic rings. The van der Waals surface area contributed by atoms with E-state index in [4.69, 9.17) is 81.2 Å². The third kappa shape index (κ3) is 4.16. The lowest BCUT2D eigenvalue weighted by molar-refractivity contribution is 1.55. The predicted molar refractivity (Wildman–Crippen MR) is 138 cm³/mol. The monoisotopic (exact) mass is 544 g/mol. The van der Waals surface area contributed by atoms with Gasteiger partial charge in [0.2, 0.25) is 0 Å². The maximum absolute atomic E-state index is 6.77. The molecular weight excluding hydrogens is 536 g/mol. The van der Waals surface area contributed by atoms with Crippen molar-refractivity contribution in [3.05, 3.63) is 102 Å². The maximum atomic E-state index is 6.77. The molecule has 7 heteroatoms. The van der Waals surface area contributed by atoms with Crippen molar-refractivity contribution in [2.45, 2.75) is 0 Å². The minimum atomic E-state index is 0.133. The zero-order valence-corrected chi connectivity index (χ0v) is 20.8. The SMILES string of the molecule is Clc1cc(-c2c(Cl)c(Cl)c(Cl)c(-c3ccccc3)c2-c2ccccc2)c(Cl)c(Cl)c1Cl. The Balaban J connectivity index is 2.23. The van der Waals surface area contributed by atoms with E-state index in [-0.39, 0.29) is 30.1 Å². The lowest BCUT2D eigenvalue weighted by Gasteiger charge is -2.22. The number of benzene rings is 4. The first-order valence-corrected chi connectivity index (χ1v) is 11.6. The summed E-state index contributed by atoms with van der Waals surface area (Å²) in [6, 6.07) is 21.0. The van der Waals surface area contributed by atoms with Crippen LogP contribution in [0.4, 0.5) is 0 Å². The zero-order valence-electron chi connectivity index (χ0n) is 15.5.